The molecule has 0 aliphatic rings. The van der Waals surface area contributed by atoms with Crippen LogP contribution in [-0.4, -0.2) is 28.9 Å². The third-order valence-electron chi connectivity index (χ3n) is 1.60. The molecule has 1 aromatic rings. The van der Waals surface area contributed by atoms with Crippen LogP contribution < -0.4 is 10.1 Å². The minimum atomic E-state index is -0.200. The number of hydrogen-bond acceptors (Lipinski definition) is 4. The van der Waals surface area contributed by atoms with E-state index in [-0.39, 0.29) is 6.02 Å². The summed E-state index contributed by atoms with van der Waals surface area (Å²) in [5.41, 5.74) is 0. The Bertz CT molecular complexity index is 371. The zero-order valence-electron chi connectivity index (χ0n) is 8.90. The molecular weight excluding hydrogens is 194 g/mol. The lowest BCUT2D eigenvalue weighted by Gasteiger charge is -2.03. The van der Waals surface area contributed by atoms with Gasteiger partial charge in [-0.15, -0.1) is 0 Å². The summed E-state index contributed by atoms with van der Waals surface area (Å²) in [4.78, 5) is 11.7. The van der Waals surface area contributed by atoms with Crippen molar-refractivity contribution in [3.8, 4) is 5.75 Å². The predicted molar refractivity (Wildman–Crippen MR) is 57.3 cm³/mol. The van der Waals surface area contributed by atoms with E-state index >= 15 is 0 Å². The molecule has 0 aromatic carbocycles. The molecule has 1 aromatic heterocycles. The van der Waals surface area contributed by atoms with E-state index in [2.05, 4.69) is 20.3 Å². The Morgan fingerprint density at radius 3 is 2.60 bits per heavy atom. The zero-order chi connectivity index (χ0) is 11.3. The van der Waals surface area contributed by atoms with Crippen LogP contribution in [0.1, 0.15) is 12.7 Å². The van der Waals surface area contributed by atoms with Crippen LogP contribution in [0.2, 0.25) is 0 Å². The Kier molecular flexibility index (Phi) is 3.73. The fourth-order valence-electron chi connectivity index (χ4n) is 0.776. The highest BCUT2D eigenvalue weighted by Crippen LogP contribution is 2.06. The van der Waals surface area contributed by atoms with Crippen molar-refractivity contribution in [2.45, 2.75) is 13.8 Å². The van der Waals surface area contributed by atoms with Gasteiger partial charge in [-0.2, -0.15) is 4.99 Å². The summed E-state index contributed by atoms with van der Waals surface area (Å²) in [5.74, 6) is 1.66. The quantitative estimate of drug-likeness (QED) is 0.525. The number of nitrogens with zero attached hydrogens (tertiary/aromatic N) is 3. The number of rotatable bonds is 1. The average Bonchev–Trinajstić information content (AvgIpc) is 2.21. The number of amidine groups is 2. The van der Waals surface area contributed by atoms with Crippen LogP contribution in [-0.2, 0) is 0 Å². The minimum absolute atomic E-state index is 0.200. The van der Waals surface area contributed by atoms with Gasteiger partial charge in [-0.25, -0.2) is 15.4 Å². The van der Waals surface area contributed by atoms with Gasteiger partial charge in [-0.3, -0.25) is 0 Å². The van der Waals surface area contributed by atoms with Crippen LogP contribution >= 0.6 is 0 Å². The molecule has 0 radical (unpaired) electrons. The molecule has 1 heterocycles. The van der Waals surface area contributed by atoms with Crippen LogP contribution in [0.5, 0.6) is 5.75 Å². The second-order valence-electron chi connectivity index (χ2n) is 2.82. The molecule has 0 unspecified atom stereocenters. The Labute approximate surface area is 87.9 Å². The molecule has 0 aliphatic heterocycles. The summed E-state index contributed by atoms with van der Waals surface area (Å²) in [7, 11) is 1.72. The zero-order valence-corrected chi connectivity index (χ0v) is 8.90. The summed E-state index contributed by atoms with van der Waals surface area (Å²) in [5, 5.41) is 10.2. The monoisotopic (exact) mass is 207 g/mol. The summed E-state index contributed by atoms with van der Waals surface area (Å²) in [6.45, 7) is 3.52. The van der Waals surface area contributed by atoms with E-state index < -0.39 is 0 Å². The third-order valence-corrected chi connectivity index (χ3v) is 1.60. The van der Waals surface area contributed by atoms with E-state index in [9.17, 15) is 0 Å². The maximum atomic E-state index is 7.41. The maximum Gasteiger partial charge on any atom is 0.316 e. The summed E-state index contributed by atoms with van der Waals surface area (Å²) < 4.78 is 5.07. The first-order valence-electron chi connectivity index (χ1n) is 4.40. The lowest BCUT2D eigenvalue weighted by Crippen LogP contribution is -2.17. The molecule has 2 N–H and O–H groups in total. The number of aryl methyl sites for hydroxylation is 1. The number of hydrogen-bond donors (Lipinski definition) is 2. The largest absolute Gasteiger partial charge is 0.421 e. The van der Waals surface area contributed by atoms with Gasteiger partial charge >= 0.3 is 6.02 Å². The lowest BCUT2D eigenvalue weighted by atomic mass is 10.5. The molecule has 0 aliphatic carbocycles. The SMILES string of the molecule is CN/C(C)=N/C(=N)Oc1cnc(C)nc1. The minimum Gasteiger partial charge on any atom is -0.421 e. The Hall–Kier alpha value is -1.98. The van der Waals surface area contributed by atoms with Crippen LogP contribution in [0.25, 0.3) is 0 Å². The van der Waals surface area contributed by atoms with Crippen LogP contribution in [0.3, 0.4) is 0 Å². The van der Waals surface area contributed by atoms with Crippen molar-refractivity contribution >= 4 is 11.9 Å². The molecule has 1 rings (SSSR count). The van der Waals surface area contributed by atoms with Crippen LogP contribution in [0.4, 0.5) is 0 Å². The van der Waals surface area contributed by atoms with E-state index in [1.165, 1.54) is 12.4 Å². The van der Waals surface area contributed by atoms with Gasteiger partial charge in [-0.05, 0) is 13.8 Å². The summed E-state index contributed by atoms with van der Waals surface area (Å²) in [6, 6.07) is -0.200. The highest BCUT2D eigenvalue weighted by atomic mass is 16.5. The molecule has 0 atom stereocenters. The number of aromatic nitrogens is 2. The van der Waals surface area contributed by atoms with Crippen molar-refractivity contribution in [2.24, 2.45) is 4.99 Å². The van der Waals surface area contributed by atoms with Gasteiger partial charge in [0.15, 0.2) is 5.75 Å². The van der Waals surface area contributed by atoms with Crippen molar-refractivity contribution in [3.05, 3.63) is 18.2 Å². The topological polar surface area (TPSA) is 83.2 Å². The standard InChI is InChI=1S/C9H13N5O/c1-6(11-3)14-9(10)15-8-4-12-7(2)13-5-8/h4-5H,1-3H3,(H2,10,11,14). The predicted octanol–water partition coefficient (Wildman–Crippen LogP) is 0.736. The van der Waals surface area contributed by atoms with Gasteiger partial charge in [0, 0.05) is 7.05 Å². The molecule has 0 spiro atoms. The highest BCUT2D eigenvalue weighted by molar-refractivity contribution is 5.91. The molecule has 6 nitrogen and oxygen atoms in total. The molecule has 0 amide bonds. The van der Waals surface area contributed by atoms with Gasteiger partial charge in [0.05, 0.1) is 12.4 Å². The fraction of sp³-hybridized carbons (Fsp3) is 0.333. The van der Waals surface area contributed by atoms with Gasteiger partial charge < -0.3 is 10.1 Å². The first-order valence-corrected chi connectivity index (χ1v) is 4.40. The van der Waals surface area contributed by atoms with Crippen molar-refractivity contribution in [1.29, 1.82) is 5.41 Å². The lowest BCUT2D eigenvalue weighted by molar-refractivity contribution is 0.530. The normalized spacial score (nSPS) is 11.0. The summed E-state index contributed by atoms with van der Waals surface area (Å²) >= 11 is 0. The first-order chi connectivity index (χ1) is 7.11. The van der Waals surface area contributed by atoms with Gasteiger partial charge in [0.2, 0.25) is 0 Å². The smallest absolute Gasteiger partial charge is 0.316 e. The number of ether oxygens (including phenoxy) is 1. The molecule has 6 heteroatoms. The van der Waals surface area contributed by atoms with E-state index in [1.807, 2.05) is 0 Å². The number of aliphatic imine (C=N–C) groups is 1. The van der Waals surface area contributed by atoms with E-state index in [4.69, 9.17) is 10.1 Å². The second kappa shape index (κ2) is 5.04. The van der Waals surface area contributed by atoms with E-state index in [0.29, 0.717) is 17.4 Å². The molecule has 15 heavy (non-hydrogen) atoms. The van der Waals surface area contributed by atoms with Crippen LogP contribution in [0.15, 0.2) is 17.4 Å². The molecule has 0 saturated heterocycles. The molecule has 0 bridgehead atoms. The van der Waals surface area contributed by atoms with Crippen molar-refractivity contribution in [1.82, 2.24) is 15.3 Å². The Morgan fingerprint density at radius 1 is 1.47 bits per heavy atom. The van der Waals surface area contributed by atoms with Gasteiger partial charge in [-0.1, -0.05) is 0 Å². The second-order valence-corrected chi connectivity index (χ2v) is 2.82. The third kappa shape index (κ3) is 3.72. The molecule has 0 fully saturated rings. The van der Waals surface area contributed by atoms with Crippen molar-refractivity contribution in [2.75, 3.05) is 7.05 Å². The van der Waals surface area contributed by atoms with Crippen molar-refractivity contribution < 1.29 is 4.74 Å². The molecule has 0 saturated carbocycles. The Morgan fingerprint density at radius 2 is 2.07 bits per heavy atom. The van der Waals surface area contributed by atoms with Gasteiger partial charge in [0.1, 0.15) is 11.7 Å². The number of nitrogens with one attached hydrogen (secondary N) is 2. The van der Waals surface area contributed by atoms with Gasteiger partial charge in [0.25, 0.3) is 0 Å². The van der Waals surface area contributed by atoms with E-state index in [1.54, 1.807) is 20.9 Å². The highest BCUT2D eigenvalue weighted by Gasteiger charge is 1.99. The molecule has 80 valence electrons. The average molecular weight is 207 g/mol. The van der Waals surface area contributed by atoms with Crippen LogP contribution in [0, 0.1) is 12.3 Å². The molecular formula is C9H13N5O. The summed E-state index contributed by atoms with van der Waals surface area (Å²) in [6.07, 6.45) is 3.00. The van der Waals surface area contributed by atoms with E-state index in [0.717, 1.165) is 0 Å². The first kappa shape index (κ1) is 11.1. The fourth-order valence-corrected chi connectivity index (χ4v) is 0.776. The maximum absolute atomic E-state index is 7.41. The van der Waals surface area contributed by atoms with Crippen molar-refractivity contribution in [3.63, 3.8) is 0 Å². The Balaban J connectivity index is 2.63.